The third-order valence-electron chi connectivity index (χ3n) is 4.82. The molecule has 0 aliphatic carbocycles. The topological polar surface area (TPSA) is 25.6 Å². The van der Waals surface area contributed by atoms with E-state index in [2.05, 4.69) is 55.3 Å². The van der Waals surface area contributed by atoms with Crippen LogP contribution in [0, 0.1) is 0 Å². The first-order valence-corrected chi connectivity index (χ1v) is 10.6. The van der Waals surface area contributed by atoms with Gasteiger partial charge >= 0.3 is 0 Å². The molecule has 0 amide bonds. The van der Waals surface area contributed by atoms with Gasteiger partial charge in [0, 0.05) is 34.2 Å². The maximum Gasteiger partial charge on any atom is 0.134 e. The number of ether oxygens (including phenoxy) is 1. The smallest absolute Gasteiger partial charge is 0.134 e. The average Bonchev–Trinajstić information content (AvgIpc) is 3.27. The van der Waals surface area contributed by atoms with Crippen molar-refractivity contribution in [2.75, 3.05) is 26.2 Å². The summed E-state index contributed by atoms with van der Waals surface area (Å²) < 4.78 is 12.2. The molecule has 4 heteroatoms. The zero-order valence-corrected chi connectivity index (χ0v) is 16.9. The average molecular weight is 372 g/mol. The molecule has 1 aromatic carbocycles. The van der Waals surface area contributed by atoms with Crippen molar-refractivity contribution in [1.29, 1.82) is 0 Å². The van der Waals surface area contributed by atoms with E-state index >= 15 is 0 Å². The molecule has 0 unspecified atom stereocenters. The number of thiophene rings is 1. The summed E-state index contributed by atoms with van der Waals surface area (Å²) in [5, 5.41) is 3.32. The minimum atomic E-state index is 0.729. The van der Waals surface area contributed by atoms with Crippen LogP contribution in [-0.2, 0) is 6.42 Å². The molecular formula is C22H29NO2S. The largest absolute Gasteiger partial charge is 0.491 e. The van der Waals surface area contributed by atoms with Crippen LogP contribution < -0.4 is 4.74 Å². The maximum absolute atomic E-state index is 6.17. The fourth-order valence-electron chi connectivity index (χ4n) is 3.24. The van der Waals surface area contributed by atoms with Crippen molar-refractivity contribution in [1.82, 2.24) is 4.90 Å². The predicted octanol–water partition coefficient (Wildman–Crippen LogP) is 6.22. The highest BCUT2D eigenvalue weighted by molar-refractivity contribution is 7.14. The van der Waals surface area contributed by atoms with Gasteiger partial charge in [-0.05, 0) is 31.6 Å². The molecule has 2 heterocycles. The third-order valence-corrected chi connectivity index (χ3v) is 5.74. The molecule has 0 aliphatic heterocycles. The molecule has 0 aliphatic rings. The number of nitrogens with zero attached hydrogens (tertiary/aromatic N) is 1. The minimum absolute atomic E-state index is 0.729. The van der Waals surface area contributed by atoms with Crippen molar-refractivity contribution in [3.63, 3.8) is 0 Å². The minimum Gasteiger partial charge on any atom is -0.491 e. The van der Waals surface area contributed by atoms with Gasteiger partial charge in [0.15, 0.2) is 0 Å². The molecule has 0 bridgehead atoms. The molecule has 0 N–H and O–H groups in total. The van der Waals surface area contributed by atoms with E-state index < -0.39 is 0 Å². The lowest BCUT2D eigenvalue weighted by atomic mass is 10.1. The van der Waals surface area contributed by atoms with Crippen LogP contribution in [-0.4, -0.2) is 31.1 Å². The normalized spacial score (nSPS) is 11.5. The van der Waals surface area contributed by atoms with Gasteiger partial charge in [-0.1, -0.05) is 45.4 Å². The van der Waals surface area contributed by atoms with E-state index in [0.717, 1.165) is 56.2 Å². The van der Waals surface area contributed by atoms with Crippen molar-refractivity contribution < 1.29 is 9.15 Å². The first-order valence-electron chi connectivity index (χ1n) is 9.71. The second kappa shape index (κ2) is 9.24. The predicted molar refractivity (Wildman–Crippen MR) is 111 cm³/mol. The summed E-state index contributed by atoms with van der Waals surface area (Å²) in [5.74, 6) is 2.06. The summed E-state index contributed by atoms with van der Waals surface area (Å²) in [6.07, 6.45) is 3.29. The summed E-state index contributed by atoms with van der Waals surface area (Å²) in [4.78, 5) is 3.61. The van der Waals surface area contributed by atoms with Crippen LogP contribution in [0.3, 0.4) is 0 Å². The Hall–Kier alpha value is -1.78. The summed E-state index contributed by atoms with van der Waals surface area (Å²) in [5.41, 5.74) is 2.23. The van der Waals surface area contributed by atoms with Crippen LogP contribution >= 0.6 is 11.3 Å². The molecule has 26 heavy (non-hydrogen) atoms. The standard InChI is InChI=1S/C22H29NO2S/c1-4-7-11-20-22(18-10-8-9-12-19(18)25-20)21-15-17(16-26-21)24-14-13-23(5-2)6-3/h8-10,12,15-16H,4-7,11,13-14H2,1-3H3. The lowest BCUT2D eigenvalue weighted by Crippen LogP contribution is -2.27. The first-order chi connectivity index (χ1) is 12.8. The van der Waals surface area contributed by atoms with Gasteiger partial charge in [-0.2, -0.15) is 0 Å². The van der Waals surface area contributed by atoms with Crippen molar-refractivity contribution in [2.24, 2.45) is 0 Å². The van der Waals surface area contributed by atoms with E-state index in [9.17, 15) is 0 Å². The van der Waals surface area contributed by atoms with Gasteiger partial charge in [-0.15, -0.1) is 11.3 Å². The van der Waals surface area contributed by atoms with E-state index in [1.165, 1.54) is 22.2 Å². The van der Waals surface area contributed by atoms with Gasteiger partial charge in [0.05, 0.1) is 0 Å². The molecule has 0 atom stereocenters. The number of fused-ring (bicyclic) bond motifs is 1. The van der Waals surface area contributed by atoms with Crippen LogP contribution in [0.15, 0.2) is 40.1 Å². The van der Waals surface area contributed by atoms with Gasteiger partial charge in [0.2, 0.25) is 0 Å². The monoisotopic (exact) mass is 371 g/mol. The van der Waals surface area contributed by atoms with Crippen LogP contribution in [0.5, 0.6) is 5.75 Å². The summed E-state index contributed by atoms with van der Waals surface area (Å²) >= 11 is 1.74. The number of para-hydroxylation sites is 1. The van der Waals surface area contributed by atoms with E-state index in [4.69, 9.17) is 9.15 Å². The van der Waals surface area contributed by atoms with Crippen molar-refractivity contribution in [2.45, 2.75) is 40.0 Å². The van der Waals surface area contributed by atoms with Crippen LogP contribution in [0.25, 0.3) is 21.4 Å². The first kappa shape index (κ1) is 19.0. The number of furan rings is 1. The van der Waals surface area contributed by atoms with Crippen LogP contribution in [0.1, 0.15) is 39.4 Å². The molecule has 3 rings (SSSR count). The molecule has 3 aromatic rings. The molecule has 0 spiro atoms. The lowest BCUT2D eigenvalue weighted by Gasteiger charge is -2.17. The quantitative estimate of drug-likeness (QED) is 0.423. The Bertz CT molecular complexity index is 817. The van der Waals surface area contributed by atoms with E-state index in [0.29, 0.717) is 0 Å². The highest BCUT2D eigenvalue weighted by Crippen LogP contribution is 2.40. The van der Waals surface area contributed by atoms with E-state index in [1.807, 2.05) is 6.07 Å². The highest BCUT2D eigenvalue weighted by Gasteiger charge is 2.17. The molecular weight excluding hydrogens is 342 g/mol. The van der Waals surface area contributed by atoms with E-state index in [1.54, 1.807) is 11.3 Å². The molecule has 0 radical (unpaired) electrons. The molecule has 0 saturated carbocycles. The van der Waals surface area contributed by atoms with Crippen molar-refractivity contribution in [3.05, 3.63) is 41.5 Å². The summed E-state index contributed by atoms with van der Waals surface area (Å²) in [6, 6.07) is 10.5. The van der Waals surface area contributed by atoms with Crippen LogP contribution in [0.2, 0.25) is 0 Å². The number of aryl methyl sites for hydroxylation is 1. The molecule has 2 aromatic heterocycles. The number of rotatable bonds is 10. The number of hydrogen-bond donors (Lipinski definition) is 0. The van der Waals surface area contributed by atoms with Gasteiger partial charge in [-0.3, -0.25) is 0 Å². The zero-order chi connectivity index (χ0) is 18.4. The number of hydrogen-bond acceptors (Lipinski definition) is 4. The molecule has 0 saturated heterocycles. The molecule has 3 nitrogen and oxygen atoms in total. The number of unbranched alkanes of at least 4 members (excludes halogenated alkanes) is 1. The Morgan fingerprint density at radius 3 is 2.69 bits per heavy atom. The highest BCUT2D eigenvalue weighted by atomic mass is 32.1. The van der Waals surface area contributed by atoms with Gasteiger partial charge < -0.3 is 14.1 Å². The van der Waals surface area contributed by atoms with Crippen LogP contribution in [0.4, 0.5) is 0 Å². The second-order valence-corrected chi connectivity index (χ2v) is 7.43. The maximum atomic E-state index is 6.17. The Balaban J connectivity index is 1.79. The number of likely N-dealkylation sites (N-methyl/N-ethyl adjacent to an activating group) is 1. The zero-order valence-electron chi connectivity index (χ0n) is 16.1. The fourth-order valence-corrected chi connectivity index (χ4v) is 4.14. The Kier molecular flexibility index (Phi) is 6.75. The summed E-state index contributed by atoms with van der Waals surface area (Å²) in [7, 11) is 0. The third kappa shape index (κ3) is 4.30. The van der Waals surface area contributed by atoms with Crippen molar-refractivity contribution >= 4 is 22.3 Å². The Morgan fingerprint density at radius 1 is 1.12 bits per heavy atom. The fraction of sp³-hybridized carbons (Fsp3) is 0.455. The molecule has 140 valence electrons. The Morgan fingerprint density at radius 2 is 1.92 bits per heavy atom. The van der Waals surface area contributed by atoms with Gasteiger partial charge in [0.1, 0.15) is 23.7 Å². The molecule has 0 fully saturated rings. The van der Waals surface area contributed by atoms with E-state index in [-0.39, 0.29) is 0 Å². The lowest BCUT2D eigenvalue weighted by molar-refractivity contribution is 0.223. The summed E-state index contributed by atoms with van der Waals surface area (Å²) in [6.45, 7) is 10.4. The van der Waals surface area contributed by atoms with Crippen molar-refractivity contribution in [3.8, 4) is 16.2 Å². The van der Waals surface area contributed by atoms with Gasteiger partial charge in [0.25, 0.3) is 0 Å². The second-order valence-electron chi connectivity index (χ2n) is 6.52. The van der Waals surface area contributed by atoms with Gasteiger partial charge in [-0.25, -0.2) is 0 Å². The SMILES string of the molecule is CCCCc1oc2ccccc2c1-c1cc(OCCN(CC)CC)cs1. The number of benzene rings is 1. The Labute approximate surface area is 160 Å².